The van der Waals surface area contributed by atoms with E-state index in [0.29, 0.717) is 0 Å². The number of rotatable bonds is 1. The molecule has 0 saturated heterocycles. The Balaban J connectivity index is 3.08. The third-order valence-electron chi connectivity index (χ3n) is 1.68. The highest BCUT2D eigenvalue weighted by molar-refractivity contribution is 6.30. The van der Waals surface area contributed by atoms with Crippen LogP contribution in [-0.2, 0) is 0 Å². The molecule has 14 heavy (non-hydrogen) atoms. The van der Waals surface area contributed by atoms with Crippen LogP contribution in [0.4, 0.5) is 13.2 Å². The van der Waals surface area contributed by atoms with E-state index < -0.39 is 18.0 Å². The highest BCUT2D eigenvalue weighted by atomic mass is 35.5. The number of phenolic OH excluding ortho intramolecular Hbond substituents is 1. The minimum Gasteiger partial charge on any atom is -0.508 e. The smallest absolute Gasteiger partial charge is 0.407 e. The molecule has 0 saturated carbocycles. The Hall–Kier alpha value is -0.940. The second kappa shape index (κ2) is 3.67. The number of phenols is 1. The van der Waals surface area contributed by atoms with Crippen LogP contribution in [0.25, 0.3) is 0 Å². The normalized spacial score (nSPS) is 14.1. The van der Waals surface area contributed by atoms with Gasteiger partial charge in [-0.1, -0.05) is 17.7 Å². The molecule has 1 aromatic carbocycles. The topological polar surface area (TPSA) is 46.2 Å². The molecule has 0 bridgehead atoms. The fourth-order valence-electron chi connectivity index (χ4n) is 0.956. The molecule has 0 heterocycles. The zero-order valence-corrected chi connectivity index (χ0v) is 7.60. The summed E-state index contributed by atoms with van der Waals surface area (Å²) in [6.45, 7) is 0. The summed E-state index contributed by atoms with van der Waals surface area (Å²) in [4.78, 5) is 0. The lowest BCUT2D eigenvalue weighted by molar-refractivity contribution is -0.149. The molecule has 1 unspecified atom stereocenters. The van der Waals surface area contributed by atoms with Gasteiger partial charge in [-0.3, -0.25) is 0 Å². The lowest BCUT2D eigenvalue weighted by Crippen LogP contribution is -2.28. The van der Waals surface area contributed by atoms with E-state index in [1.165, 1.54) is 6.07 Å². The summed E-state index contributed by atoms with van der Waals surface area (Å²) in [5.41, 5.74) is 4.51. The summed E-state index contributed by atoms with van der Waals surface area (Å²) < 4.78 is 36.4. The third-order valence-corrected chi connectivity index (χ3v) is 1.92. The number of benzene rings is 1. The first-order chi connectivity index (χ1) is 6.32. The van der Waals surface area contributed by atoms with Crippen molar-refractivity contribution in [3.8, 4) is 5.75 Å². The highest BCUT2D eigenvalue weighted by Gasteiger charge is 2.39. The quantitative estimate of drug-likeness (QED) is 0.772. The first-order valence-electron chi connectivity index (χ1n) is 3.63. The Morgan fingerprint density at radius 1 is 1.36 bits per heavy atom. The Bertz CT molecular complexity index is 340. The monoisotopic (exact) mass is 225 g/mol. The van der Waals surface area contributed by atoms with Crippen LogP contribution in [-0.4, -0.2) is 11.3 Å². The highest BCUT2D eigenvalue weighted by Crippen LogP contribution is 2.35. The first-order valence-corrected chi connectivity index (χ1v) is 4.01. The zero-order valence-electron chi connectivity index (χ0n) is 6.85. The summed E-state index contributed by atoms with van der Waals surface area (Å²) in [6, 6.07) is 1.11. The van der Waals surface area contributed by atoms with Crippen molar-refractivity contribution in [1.82, 2.24) is 0 Å². The maximum absolute atomic E-state index is 12.1. The van der Waals surface area contributed by atoms with E-state index in [1.807, 2.05) is 0 Å². The Kier molecular flexibility index (Phi) is 2.92. The molecule has 0 aliphatic carbocycles. The van der Waals surface area contributed by atoms with Gasteiger partial charge in [-0.15, -0.1) is 0 Å². The largest absolute Gasteiger partial charge is 0.508 e. The van der Waals surface area contributed by atoms with Gasteiger partial charge >= 0.3 is 6.18 Å². The van der Waals surface area contributed by atoms with Gasteiger partial charge in [-0.2, -0.15) is 13.2 Å². The first kappa shape index (κ1) is 11.1. The number of halogens is 4. The third kappa shape index (κ3) is 2.30. The molecule has 3 N–H and O–H groups in total. The molecule has 0 fully saturated rings. The Morgan fingerprint density at radius 3 is 2.36 bits per heavy atom. The van der Waals surface area contributed by atoms with Gasteiger partial charge in [-0.05, 0) is 12.1 Å². The van der Waals surface area contributed by atoms with Gasteiger partial charge in [0.05, 0.1) is 0 Å². The zero-order chi connectivity index (χ0) is 10.9. The van der Waals surface area contributed by atoms with Crippen LogP contribution < -0.4 is 5.73 Å². The van der Waals surface area contributed by atoms with Crippen LogP contribution in [0.1, 0.15) is 11.6 Å². The number of hydrogen-bond acceptors (Lipinski definition) is 2. The van der Waals surface area contributed by atoms with E-state index >= 15 is 0 Å². The molecule has 0 radical (unpaired) electrons. The number of hydrogen-bond donors (Lipinski definition) is 2. The summed E-state index contributed by atoms with van der Waals surface area (Å²) >= 11 is 5.45. The molecule has 0 amide bonds. The average Bonchev–Trinajstić information content (AvgIpc) is 2.01. The summed E-state index contributed by atoms with van der Waals surface area (Å²) in [7, 11) is 0. The molecule has 1 atom stereocenters. The molecule has 1 rings (SSSR count). The second-order valence-electron chi connectivity index (χ2n) is 2.72. The molecule has 0 aromatic heterocycles. The van der Waals surface area contributed by atoms with Gasteiger partial charge in [-0.25, -0.2) is 0 Å². The maximum Gasteiger partial charge on any atom is 0.407 e. The van der Waals surface area contributed by atoms with Crippen LogP contribution in [0.2, 0.25) is 5.02 Å². The van der Waals surface area contributed by atoms with Gasteiger partial charge in [0, 0.05) is 10.6 Å². The minimum atomic E-state index is -4.58. The van der Waals surface area contributed by atoms with E-state index in [1.54, 1.807) is 0 Å². The predicted molar refractivity (Wildman–Crippen MR) is 46.1 cm³/mol. The molecule has 0 aliphatic heterocycles. The van der Waals surface area contributed by atoms with Crippen molar-refractivity contribution in [1.29, 1.82) is 0 Å². The molecule has 0 spiro atoms. The number of alkyl halides is 3. The molecular formula is C8H7ClF3NO. The van der Waals surface area contributed by atoms with Crippen molar-refractivity contribution in [3.63, 3.8) is 0 Å². The lowest BCUT2D eigenvalue weighted by atomic mass is 10.1. The number of nitrogens with two attached hydrogens (primary N) is 1. The average molecular weight is 226 g/mol. The van der Waals surface area contributed by atoms with Crippen LogP contribution in [0, 0.1) is 0 Å². The van der Waals surface area contributed by atoms with Crippen molar-refractivity contribution < 1.29 is 18.3 Å². The van der Waals surface area contributed by atoms with E-state index in [-0.39, 0.29) is 10.6 Å². The Labute approximate surface area is 83.1 Å². The van der Waals surface area contributed by atoms with E-state index in [2.05, 4.69) is 0 Å². The fourth-order valence-corrected chi connectivity index (χ4v) is 1.12. The van der Waals surface area contributed by atoms with Gasteiger partial charge < -0.3 is 10.8 Å². The van der Waals surface area contributed by atoms with Crippen molar-refractivity contribution in [3.05, 3.63) is 28.8 Å². The molecule has 0 aliphatic rings. The van der Waals surface area contributed by atoms with Crippen LogP contribution in [0.15, 0.2) is 18.2 Å². The van der Waals surface area contributed by atoms with Crippen molar-refractivity contribution in [2.45, 2.75) is 12.2 Å². The van der Waals surface area contributed by atoms with Crippen molar-refractivity contribution in [2.75, 3.05) is 0 Å². The minimum absolute atomic E-state index is 0.153. The molecule has 1 aromatic rings. The van der Waals surface area contributed by atoms with Gasteiger partial charge in [0.25, 0.3) is 0 Å². The van der Waals surface area contributed by atoms with Gasteiger partial charge in [0.1, 0.15) is 11.8 Å². The van der Waals surface area contributed by atoms with E-state index in [9.17, 15) is 13.2 Å². The Morgan fingerprint density at radius 2 is 1.93 bits per heavy atom. The van der Waals surface area contributed by atoms with Gasteiger partial charge in [0.15, 0.2) is 0 Å². The molecular weight excluding hydrogens is 219 g/mol. The molecule has 2 nitrogen and oxygen atoms in total. The van der Waals surface area contributed by atoms with Crippen molar-refractivity contribution in [2.24, 2.45) is 5.73 Å². The molecule has 6 heteroatoms. The van der Waals surface area contributed by atoms with Crippen LogP contribution >= 0.6 is 11.6 Å². The van der Waals surface area contributed by atoms with E-state index in [0.717, 1.165) is 12.1 Å². The standard InChI is InChI=1S/C8H7ClF3NO/c9-4-1-2-5(6(14)3-4)7(13)8(10,11)12/h1-3,7,14H,13H2. The van der Waals surface area contributed by atoms with Crippen molar-refractivity contribution >= 4 is 11.6 Å². The number of aromatic hydroxyl groups is 1. The van der Waals surface area contributed by atoms with E-state index in [4.69, 9.17) is 22.4 Å². The van der Waals surface area contributed by atoms with Crippen LogP contribution in [0.3, 0.4) is 0 Å². The van der Waals surface area contributed by atoms with Crippen LogP contribution in [0.5, 0.6) is 5.75 Å². The lowest BCUT2D eigenvalue weighted by Gasteiger charge is -2.16. The van der Waals surface area contributed by atoms with Gasteiger partial charge in [0.2, 0.25) is 0 Å². The predicted octanol–water partition coefficient (Wildman–Crippen LogP) is 2.61. The summed E-state index contributed by atoms with van der Waals surface area (Å²) in [5.74, 6) is -0.553. The maximum atomic E-state index is 12.1. The fraction of sp³-hybridized carbons (Fsp3) is 0.250. The molecule has 78 valence electrons. The second-order valence-corrected chi connectivity index (χ2v) is 3.16. The summed E-state index contributed by atoms with van der Waals surface area (Å²) in [6.07, 6.45) is -4.58. The SMILES string of the molecule is NC(c1ccc(Cl)cc1O)C(F)(F)F. The summed E-state index contributed by atoms with van der Waals surface area (Å²) in [5, 5.41) is 9.31.